The molecule has 1 nitrogen and oxygen atoms in total. The third-order valence-corrected chi connectivity index (χ3v) is 0. The van der Waals surface area contributed by atoms with Crippen LogP contribution in [-0.4, -0.2) is 16.7 Å². The van der Waals surface area contributed by atoms with Crippen molar-refractivity contribution in [2.75, 3.05) is 12.5 Å². The topological polar surface area (TPSA) is 17.1 Å². The summed E-state index contributed by atoms with van der Waals surface area (Å²) >= 11 is 1.53. The molecular weight excluding hydrogens is 200 g/mol. The standard InChI is InChI=1S/C2H6OS.Mo.S/c1-4(2)3;;/h1-2H3;;. The van der Waals surface area contributed by atoms with Gasteiger partial charge in [0.2, 0.25) is 0 Å². The fourth-order valence-corrected chi connectivity index (χ4v) is 0. The summed E-state index contributed by atoms with van der Waals surface area (Å²) in [6, 6.07) is 0. The first kappa shape index (κ1) is 10.1. The molecule has 0 spiro atoms. The Balaban J connectivity index is 0. The molecule has 0 aromatic rings. The zero-order valence-corrected chi connectivity index (χ0v) is 7.27. The Kier molecular flexibility index (Phi) is 15.9. The Hall–Kier alpha value is 1.06. The molecule has 0 heterocycles. The van der Waals surface area contributed by atoms with Gasteiger partial charge in [0, 0.05) is 23.3 Å². The molecule has 0 saturated carbocycles. The maximum atomic E-state index is 9.56. The van der Waals surface area contributed by atoms with Crippen molar-refractivity contribution in [2.45, 2.75) is 0 Å². The minimum atomic E-state index is -0.611. The van der Waals surface area contributed by atoms with E-state index >= 15 is 0 Å². The summed E-state index contributed by atoms with van der Waals surface area (Å²) in [6.07, 6.45) is 3.28. The number of hydrogen-bond donors (Lipinski definition) is 0. The molecule has 0 bridgehead atoms. The summed E-state index contributed by atoms with van der Waals surface area (Å²) in [6.45, 7) is 0. The van der Waals surface area contributed by atoms with E-state index in [-0.39, 0.29) is 0 Å². The molecule has 38 valence electrons. The van der Waals surface area contributed by atoms with Crippen LogP contribution in [0.5, 0.6) is 0 Å². The van der Waals surface area contributed by atoms with Crippen LogP contribution < -0.4 is 0 Å². The zero-order chi connectivity index (χ0) is 5.58. The molecule has 0 aliphatic carbocycles. The summed E-state index contributed by atoms with van der Waals surface area (Å²) < 4.78 is 9.56. The van der Waals surface area contributed by atoms with E-state index in [2.05, 4.69) is 9.82 Å². The van der Waals surface area contributed by atoms with Crippen molar-refractivity contribution in [3.05, 3.63) is 0 Å². The Morgan fingerprint density at radius 3 is 1.50 bits per heavy atom. The van der Waals surface area contributed by atoms with Crippen molar-refractivity contribution in [2.24, 2.45) is 0 Å². The van der Waals surface area contributed by atoms with Gasteiger partial charge in [-0.05, 0) is 0 Å². The minimum absolute atomic E-state index is 0.611. The summed E-state index contributed by atoms with van der Waals surface area (Å²) in [7, 11) is 3.48. The van der Waals surface area contributed by atoms with Crippen molar-refractivity contribution in [3.63, 3.8) is 0 Å². The van der Waals surface area contributed by atoms with E-state index in [1.54, 1.807) is 12.5 Å². The predicted octanol–water partition coefficient (Wildman–Crippen LogP) is 0.640. The van der Waals surface area contributed by atoms with E-state index < -0.39 is 10.8 Å². The normalized spacial score (nSPS) is 6.50. The van der Waals surface area contributed by atoms with Gasteiger partial charge < -0.3 is 0 Å². The van der Waals surface area contributed by atoms with E-state index in [4.69, 9.17) is 0 Å². The van der Waals surface area contributed by atoms with Crippen LogP contribution in [0, 0.1) is 0 Å². The molecule has 0 aromatic heterocycles. The molecule has 0 atom stereocenters. The summed E-state index contributed by atoms with van der Waals surface area (Å²) in [5.41, 5.74) is 0. The molecule has 0 amide bonds. The van der Waals surface area contributed by atoms with Crippen LogP contribution in [0.1, 0.15) is 0 Å². The second-order valence-corrected chi connectivity index (χ2v) is 2.22. The van der Waals surface area contributed by atoms with E-state index in [9.17, 15) is 4.21 Å². The van der Waals surface area contributed by atoms with E-state index in [1.165, 1.54) is 18.0 Å². The fraction of sp³-hybridized carbons (Fsp3) is 1.00. The Bertz CT molecular complexity index is 42.8. The SMILES string of the molecule is CS(C)=O.[S]=[Mo]. The molecule has 0 aliphatic heterocycles. The van der Waals surface area contributed by atoms with Crippen LogP contribution in [0.3, 0.4) is 0 Å². The van der Waals surface area contributed by atoms with Crippen molar-refractivity contribution < 1.29 is 22.2 Å². The molecule has 0 radical (unpaired) electrons. The molecule has 0 rings (SSSR count). The zero-order valence-electron chi connectivity index (χ0n) is 3.63. The molecule has 0 N–H and O–H groups in total. The van der Waals surface area contributed by atoms with Gasteiger partial charge in [-0.1, -0.05) is 0 Å². The first-order valence-corrected chi connectivity index (χ1v) is 5.91. The Labute approximate surface area is 55.3 Å². The van der Waals surface area contributed by atoms with Gasteiger partial charge in [-0.2, -0.15) is 0 Å². The summed E-state index contributed by atoms with van der Waals surface area (Å²) in [5, 5.41) is 0. The van der Waals surface area contributed by atoms with E-state index in [0.717, 1.165) is 0 Å². The monoisotopic (exact) mass is 208 g/mol. The fourth-order valence-electron chi connectivity index (χ4n) is 0. The quantitative estimate of drug-likeness (QED) is 0.541. The van der Waals surface area contributed by atoms with Crippen molar-refractivity contribution in [1.82, 2.24) is 0 Å². The third kappa shape index (κ3) is 74.4. The van der Waals surface area contributed by atoms with Gasteiger partial charge in [-0.25, -0.2) is 0 Å². The second-order valence-electron chi connectivity index (χ2n) is 0.742. The summed E-state index contributed by atoms with van der Waals surface area (Å²) in [5.74, 6) is 0. The average molecular weight is 206 g/mol. The van der Waals surface area contributed by atoms with E-state index in [0.29, 0.717) is 0 Å². The van der Waals surface area contributed by atoms with Crippen LogP contribution in [0.25, 0.3) is 0 Å². The summed E-state index contributed by atoms with van der Waals surface area (Å²) in [4.78, 5) is 0. The van der Waals surface area contributed by atoms with Crippen LogP contribution in [0.15, 0.2) is 0 Å². The Morgan fingerprint density at radius 1 is 1.50 bits per heavy atom. The third-order valence-electron chi connectivity index (χ3n) is 0. The maximum absolute atomic E-state index is 9.56. The van der Waals surface area contributed by atoms with Crippen molar-refractivity contribution in [1.29, 1.82) is 0 Å². The van der Waals surface area contributed by atoms with Gasteiger partial charge in [0.05, 0.1) is 0 Å². The number of hydrogen-bond acceptors (Lipinski definition) is 2. The van der Waals surface area contributed by atoms with Gasteiger partial charge >= 0.3 is 27.8 Å². The van der Waals surface area contributed by atoms with Crippen LogP contribution >= 0.6 is 9.82 Å². The van der Waals surface area contributed by atoms with Crippen LogP contribution in [0.2, 0.25) is 0 Å². The molecular formula is C2H6MoOS2. The number of rotatable bonds is 0. The average Bonchev–Trinajstić information content (AvgIpc) is 1.41. The van der Waals surface area contributed by atoms with Crippen molar-refractivity contribution in [3.8, 4) is 0 Å². The van der Waals surface area contributed by atoms with Gasteiger partial charge in [-0.3, -0.25) is 4.21 Å². The predicted molar refractivity (Wildman–Crippen MR) is 27.6 cm³/mol. The van der Waals surface area contributed by atoms with Crippen molar-refractivity contribution >= 4 is 20.6 Å². The molecule has 0 saturated heterocycles. The second kappa shape index (κ2) is 9.41. The molecule has 4 heteroatoms. The first-order valence-electron chi connectivity index (χ1n) is 1.15. The molecule has 0 aromatic carbocycles. The Morgan fingerprint density at radius 2 is 1.50 bits per heavy atom. The van der Waals surface area contributed by atoms with Gasteiger partial charge in [0.25, 0.3) is 0 Å². The van der Waals surface area contributed by atoms with Gasteiger partial charge in [0.1, 0.15) is 0 Å². The molecule has 0 fully saturated rings. The molecule has 0 aliphatic rings. The van der Waals surface area contributed by atoms with E-state index in [1.807, 2.05) is 0 Å². The first-order chi connectivity index (χ1) is 2.73. The molecule has 0 unspecified atom stereocenters. The van der Waals surface area contributed by atoms with Gasteiger partial charge in [0.15, 0.2) is 0 Å². The van der Waals surface area contributed by atoms with Crippen LogP contribution in [-0.2, 0) is 28.8 Å². The van der Waals surface area contributed by atoms with Crippen LogP contribution in [0.4, 0.5) is 0 Å². The molecule has 6 heavy (non-hydrogen) atoms. The van der Waals surface area contributed by atoms with Gasteiger partial charge in [-0.15, -0.1) is 0 Å².